The first kappa shape index (κ1) is 35.0. The van der Waals surface area contributed by atoms with Gasteiger partial charge in [-0.3, -0.25) is 0 Å². The molecule has 0 saturated carbocycles. The van der Waals surface area contributed by atoms with Crippen molar-refractivity contribution < 1.29 is 30.6 Å². The third-order valence-corrected chi connectivity index (χ3v) is 7.08. The van der Waals surface area contributed by atoms with Crippen LogP contribution < -0.4 is 0 Å². The molecular weight excluding hydrogens is 456 g/mol. The Labute approximate surface area is 220 Å². The van der Waals surface area contributed by atoms with Gasteiger partial charge in [-0.15, -0.1) is 0 Å². The maximum Gasteiger partial charge on any atom is 0.0878 e. The molecule has 0 radical (unpaired) electrons. The lowest BCUT2D eigenvalue weighted by atomic mass is 9.86. The summed E-state index contributed by atoms with van der Waals surface area (Å²) >= 11 is 0. The Bertz CT molecular complexity index is 706. The molecule has 6 nitrogen and oxygen atoms in total. The van der Waals surface area contributed by atoms with Crippen molar-refractivity contribution in [2.24, 2.45) is 0 Å². The SMILES string of the molecule is CC(=CCCC=C(C)CC[C@H](O)[C@@](C)(O)CC[C@H](O)C(C)(C)O)CCC=C(C)CC[C@H](O)C(C)(C)O. The van der Waals surface area contributed by atoms with Crippen LogP contribution in [0.1, 0.15) is 120 Å². The molecule has 0 aliphatic rings. The number of unbranched alkanes of at least 4 members (excludes halogenated alkanes) is 1. The summed E-state index contributed by atoms with van der Waals surface area (Å²) in [6.07, 6.45) is 10.9. The summed E-state index contributed by atoms with van der Waals surface area (Å²) in [7, 11) is 0. The van der Waals surface area contributed by atoms with Crippen LogP contribution >= 0.6 is 0 Å². The molecule has 4 atom stereocenters. The normalized spacial score (nSPS) is 18.7. The highest BCUT2D eigenvalue weighted by Gasteiger charge is 2.33. The van der Waals surface area contributed by atoms with Gasteiger partial charge in [0, 0.05) is 0 Å². The van der Waals surface area contributed by atoms with Crippen LogP contribution in [0.3, 0.4) is 0 Å². The molecule has 36 heavy (non-hydrogen) atoms. The van der Waals surface area contributed by atoms with Gasteiger partial charge in [0.25, 0.3) is 0 Å². The van der Waals surface area contributed by atoms with E-state index >= 15 is 0 Å². The average molecular weight is 513 g/mol. The molecule has 0 aliphatic heterocycles. The topological polar surface area (TPSA) is 121 Å². The monoisotopic (exact) mass is 512 g/mol. The summed E-state index contributed by atoms with van der Waals surface area (Å²) in [5, 5.41) is 60.6. The van der Waals surface area contributed by atoms with Crippen molar-refractivity contribution in [3.63, 3.8) is 0 Å². The van der Waals surface area contributed by atoms with Gasteiger partial charge in [0.05, 0.1) is 35.1 Å². The van der Waals surface area contributed by atoms with Gasteiger partial charge >= 0.3 is 0 Å². The standard InChI is InChI=1S/C30H56O6/c1-22(14-11-15-24(3)16-18-25(31)28(4,5)34)12-9-10-13-23(2)17-19-27(33)30(8,36)21-20-26(32)29(6,7)35/h12-13,15,25-27,31-36H,9-11,14,16-21H2,1-8H3/t25-,26-,27-,30-/m0/s1. The second-order valence-electron chi connectivity index (χ2n) is 12.1. The Morgan fingerprint density at radius 2 is 0.917 bits per heavy atom. The summed E-state index contributed by atoms with van der Waals surface area (Å²) in [4.78, 5) is 0. The molecule has 0 heterocycles. The highest BCUT2D eigenvalue weighted by Crippen LogP contribution is 2.25. The Kier molecular flexibility index (Phi) is 15.6. The van der Waals surface area contributed by atoms with Gasteiger partial charge in [0.2, 0.25) is 0 Å². The average Bonchev–Trinajstić information content (AvgIpc) is 2.75. The largest absolute Gasteiger partial charge is 0.390 e. The van der Waals surface area contributed by atoms with Crippen LogP contribution in [-0.2, 0) is 0 Å². The van der Waals surface area contributed by atoms with Gasteiger partial charge in [-0.05, 0) is 120 Å². The number of allylic oxidation sites excluding steroid dienone is 6. The molecule has 0 rings (SSSR count). The first-order valence-electron chi connectivity index (χ1n) is 13.5. The number of aliphatic hydroxyl groups excluding tert-OH is 3. The molecule has 0 spiro atoms. The number of hydrogen-bond acceptors (Lipinski definition) is 6. The zero-order chi connectivity index (χ0) is 28.2. The van der Waals surface area contributed by atoms with Crippen molar-refractivity contribution in [1.29, 1.82) is 0 Å². The first-order chi connectivity index (χ1) is 16.4. The van der Waals surface area contributed by atoms with E-state index in [4.69, 9.17) is 0 Å². The quantitative estimate of drug-likeness (QED) is 0.112. The van der Waals surface area contributed by atoms with Gasteiger partial charge in [-0.2, -0.15) is 0 Å². The highest BCUT2D eigenvalue weighted by atomic mass is 16.3. The predicted octanol–water partition coefficient (Wildman–Crippen LogP) is 5.10. The zero-order valence-electron chi connectivity index (χ0n) is 24.2. The fraction of sp³-hybridized carbons (Fsp3) is 0.800. The van der Waals surface area contributed by atoms with E-state index in [9.17, 15) is 30.6 Å². The smallest absolute Gasteiger partial charge is 0.0878 e. The first-order valence-corrected chi connectivity index (χ1v) is 13.5. The minimum absolute atomic E-state index is 0.212. The zero-order valence-corrected chi connectivity index (χ0v) is 24.2. The second kappa shape index (κ2) is 16.1. The van der Waals surface area contributed by atoms with E-state index in [0.29, 0.717) is 19.3 Å². The molecule has 0 bridgehead atoms. The fourth-order valence-electron chi connectivity index (χ4n) is 3.85. The molecule has 0 saturated heterocycles. The Hall–Kier alpha value is -1.02. The molecule has 0 fully saturated rings. The number of hydrogen-bond donors (Lipinski definition) is 6. The maximum atomic E-state index is 10.6. The van der Waals surface area contributed by atoms with Crippen LogP contribution in [0.15, 0.2) is 34.9 Å². The van der Waals surface area contributed by atoms with Crippen LogP contribution in [0.4, 0.5) is 0 Å². The van der Waals surface area contributed by atoms with Gasteiger partial charge < -0.3 is 30.6 Å². The van der Waals surface area contributed by atoms with E-state index in [1.165, 1.54) is 30.6 Å². The molecule has 0 aliphatic carbocycles. The van der Waals surface area contributed by atoms with Gasteiger partial charge in [0.15, 0.2) is 0 Å². The molecule has 6 N–H and O–H groups in total. The van der Waals surface area contributed by atoms with E-state index in [1.54, 1.807) is 20.8 Å². The fourth-order valence-corrected chi connectivity index (χ4v) is 3.85. The Morgan fingerprint density at radius 3 is 1.36 bits per heavy atom. The van der Waals surface area contributed by atoms with Gasteiger partial charge in [-0.25, -0.2) is 0 Å². The maximum absolute atomic E-state index is 10.6. The molecule has 212 valence electrons. The third-order valence-electron chi connectivity index (χ3n) is 7.08. The predicted molar refractivity (Wildman–Crippen MR) is 149 cm³/mol. The van der Waals surface area contributed by atoms with Crippen molar-refractivity contribution in [2.75, 3.05) is 0 Å². The molecule has 0 aromatic rings. The molecule has 0 aromatic heterocycles. The minimum Gasteiger partial charge on any atom is -0.390 e. The van der Waals surface area contributed by atoms with Crippen molar-refractivity contribution in [3.8, 4) is 0 Å². The number of rotatable bonds is 18. The van der Waals surface area contributed by atoms with Crippen molar-refractivity contribution in [2.45, 2.75) is 155 Å². The minimum atomic E-state index is -1.31. The molecular formula is C30H56O6. The van der Waals surface area contributed by atoms with Crippen LogP contribution in [-0.4, -0.2) is 65.8 Å². The lowest BCUT2D eigenvalue weighted by Gasteiger charge is -2.32. The second-order valence-corrected chi connectivity index (χ2v) is 12.1. The molecule has 0 aromatic carbocycles. The molecule has 0 amide bonds. The lowest BCUT2D eigenvalue weighted by molar-refractivity contribution is -0.0946. The number of aliphatic hydroxyl groups is 6. The van der Waals surface area contributed by atoms with Gasteiger partial charge in [0.1, 0.15) is 0 Å². The van der Waals surface area contributed by atoms with Crippen molar-refractivity contribution in [1.82, 2.24) is 0 Å². The van der Waals surface area contributed by atoms with Gasteiger partial charge in [-0.1, -0.05) is 34.9 Å². The van der Waals surface area contributed by atoms with E-state index in [0.717, 1.165) is 32.1 Å². The molecule has 6 heteroatoms. The van der Waals surface area contributed by atoms with Crippen LogP contribution in [0.25, 0.3) is 0 Å². The van der Waals surface area contributed by atoms with Crippen LogP contribution in [0, 0.1) is 0 Å². The van der Waals surface area contributed by atoms with E-state index in [1.807, 2.05) is 6.92 Å². The summed E-state index contributed by atoms with van der Waals surface area (Å²) in [5.74, 6) is 0. The van der Waals surface area contributed by atoms with Crippen molar-refractivity contribution >= 4 is 0 Å². The Morgan fingerprint density at radius 1 is 0.556 bits per heavy atom. The van der Waals surface area contributed by atoms with E-state index < -0.39 is 35.1 Å². The third kappa shape index (κ3) is 16.0. The lowest BCUT2D eigenvalue weighted by Crippen LogP contribution is -2.42. The van der Waals surface area contributed by atoms with Crippen molar-refractivity contribution in [3.05, 3.63) is 34.9 Å². The highest BCUT2D eigenvalue weighted by molar-refractivity contribution is 5.06. The van der Waals surface area contributed by atoms with Crippen LogP contribution in [0.5, 0.6) is 0 Å². The Balaban J connectivity index is 4.33. The van der Waals surface area contributed by atoms with E-state index in [-0.39, 0.29) is 12.8 Å². The van der Waals surface area contributed by atoms with Crippen LogP contribution in [0.2, 0.25) is 0 Å². The summed E-state index contributed by atoms with van der Waals surface area (Å²) < 4.78 is 0. The summed E-state index contributed by atoms with van der Waals surface area (Å²) in [6, 6.07) is 0. The van der Waals surface area contributed by atoms with E-state index in [2.05, 4.69) is 32.1 Å². The summed E-state index contributed by atoms with van der Waals surface area (Å²) in [5.41, 5.74) is 0.161. The summed E-state index contributed by atoms with van der Waals surface area (Å²) in [6.45, 7) is 14.2. The molecule has 0 unspecified atom stereocenters.